The number of β-lactam (4-membered cyclic amide) rings is 1. The maximum absolute atomic E-state index is 13.5. The molecule has 2 aliphatic rings. The summed E-state index contributed by atoms with van der Waals surface area (Å²) in [7, 11) is -4.16. The predicted molar refractivity (Wildman–Crippen MR) is 141 cm³/mol. The zero-order valence-corrected chi connectivity index (χ0v) is 23.1. The molecule has 43 heavy (non-hydrogen) atoms. The molecule has 1 aromatic heterocycles. The van der Waals surface area contributed by atoms with Crippen LogP contribution in [0.5, 0.6) is 0 Å². The highest BCUT2D eigenvalue weighted by molar-refractivity contribution is 7.93. The van der Waals surface area contributed by atoms with Gasteiger partial charge in [0.1, 0.15) is 23.3 Å². The van der Waals surface area contributed by atoms with Gasteiger partial charge in [0, 0.05) is 18.2 Å². The number of benzene rings is 2. The second-order valence-corrected chi connectivity index (χ2v) is 12.6. The highest BCUT2D eigenvalue weighted by Gasteiger charge is 2.70. The monoisotopic (exact) mass is 614 g/mol. The van der Waals surface area contributed by atoms with E-state index in [2.05, 4.69) is 10.3 Å². The van der Waals surface area contributed by atoms with Crippen LogP contribution >= 0.6 is 0 Å². The normalized spacial score (nSPS) is 21.9. The van der Waals surface area contributed by atoms with Crippen molar-refractivity contribution in [2.75, 3.05) is 0 Å². The average molecular weight is 615 g/mol. The number of nitrogens with zero attached hydrogens (tertiary/aromatic N) is 6. The molecule has 0 unspecified atom stereocenters. The van der Waals surface area contributed by atoms with E-state index < -0.39 is 66.8 Å². The van der Waals surface area contributed by atoms with Gasteiger partial charge in [-0.2, -0.15) is 0 Å². The van der Waals surface area contributed by atoms with E-state index in [0.29, 0.717) is 5.56 Å². The maximum atomic E-state index is 13.5. The fourth-order valence-electron chi connectivity index (χ4n) is 5.04. The number of amides is 1. The number of rotatable bonds is 10. The molecule has 18 heteroatoms. The molecule has 0 saturated carbocycles. The lowest BCUT2D eigenvalue weighted by Crippen LogP contribution is -2.58. The van der Waals surface area contributed by atoms with E-state index in [1.165, 1.54) is 55.5 Å². The lowest BCUT2D eigenvalue weighted by molar-refractivity contribution is -0.385. The fourth-order valence-corrected chi connectivity index (χ4v) is 7.39. The molecule has 1 amide bonds. The van der Waals surface area contributed by atoms with Crippen LogP contribution < -0.4 is 0 Å². The van der Waals surface area contributed by atoms with E-state index in [9.17, 15) is 43.0 Å². The number of nitro benzene ring substituents is 2. The van der Waals surface area contributed by atoms with Crippen LogP contribution in [-0.2, 0) is 48.7 Å². The lowest BCUT2D eigenvalue weighted by Gasteiger charge is -2.36. The van der Waals surface area contributed by atoms with E-state index in [1.807, 2.05) is 0 Å². The number of aromatic nitrogens is 3. The quantitative estimate of drug-likeness (QED) is 0.136. The number of non-ortho nitro benzene ring substituents is 1. The molecule has 17 nitrogen and oxygen atoms in total. The second-order valence-electron chi connectivity index (χ2n) is 10.0. The molecule has 0 aliphatic carbocycles. The van der Waals surface area contributed by atoms with Crippen LogP contribution in [0.3, 0.4) is 0 Å². The average Bonchev–Trinajstić information content (AvgIpc) is 3.48. The largest absolute Gasteiger partial charge is 0.459 e. The van der Waals surface area contributed by atoms with Crippen molar-refractivity contribution in [2.24, 2.45) is 0 Å². The van der Waals surface area contributed by atoms with Gasteiger partial charge in [0.15, 0.2) is 21.6 Å². The van der Waals surface area contributed by atoms with Crippen molar-refractivity contribution in [3.63, 3.8) is 0 Å². The smallest absolute Gasteiger partial charge is 0.360 e. The number of carbonyl (C=O) groups is 3. The Morgan fingerprint density at radius 1 is 1.05 bits per heavy atom. The minimum absolute atomic E-state index is 0.141. The Labute approximate surface area is 242 Å². The van der Waals surface area contributed by atoms with Crippen molar-refractivity contribution in [1.82, 2.24) is 19.9 Å². The summed E-state index contributed by atoms with van der Waals surface area (Å²) in [6, 6.07) is 9.30. The maximum Gasteiger partial charge on any atom is 0.360 e. The van der Waals surface area contributed by atoms with Gasteiger partial charge in [0.2, 0.25) is 5.91 Å². The Bertz CT molecular complexity index is 1760. The van der Waals surface area contributed by atoms with Crippen LogP contribution in [0, 0.1) is 20.2 Å². The third-order valence-corrected chi connectivity index (χ3v) is 10.1. The molecule has 2 saturated heterocycles. The fraction of sp³-hybridized carbons (Fsp3) is 0.320. The Kier molecular flexibility index (Phi) is 7.38. The van der Waals surface area contributed by atoms with E-state index in [0.717, 1.165) is 15.8 Å². The molecule has 2 aliphatic heterocycles. The first-order valence-electron chi connectivity index (χ1n) is 12.6. The first-order chi connectivity index (χ1) is 20.3. The van der Waals surface area contributed by atoms with Crippen molar-refractivity contribution in [3.8, 4) is 0 Å². The van der Waals surface area contributed by atoms with Gasteiger partial charge in [-0.3, -0.25) is 25.0 Å². The molecule has 0 radical (unpaired) electrons. The molecule has 3 aromatic rings. The molecule has 2 aromatic carbocycles. The van der Waals surface area contributed by atoms with Gasteiger partial charge in [-0.05, 0) is 30.7 Å². The summed E-state index contributed by atoms with van der Waals surface area (Å²) >= 11 is 0. The molecule has 0 N–H and O–H groups in total. The molecule has 3 heterocycles. The number of nitro groups is 2. The highest BCUT2D eigenvalue weighted by atomic mass is 32.2. The summed E-state index contributed by atoms with van der Waals surface area (Å²) in [5.41, 5.74) is -0.204. The molecule has 0 spiro atoms. The number of para-hydroxylation sites is 1. The van der Waals surface area contributed by atoms with E-state index >= 15 is 0 Å². The zero-order valence-electron chi connectivity index (χ0n) is 22.3. The minimum atomic E-state index is -4.16. The number of esters is 2. The van der Waals surface area contributed by atoms with Gasteiger partial charge in [-0.25, -0.2) is 22.7 Å². The lowest BCUT2D eigenvalue weighted by atomic mass is 9.96. The molecule has 3 atom stereocenters. The van der Waals surface area contributed by atoms with Crippen molar-refractivity contribution >= 4 is 39.1 Å². The van der Waals surface area contributed by atoms with Gasteiger partial charge in [-0.15, -0.1) is 5.10 Å². The van der Waals surface area contributed by atoms with Gasteiger partial charge < -0.3 is 14.4 Å². The number of hydrogen-bond acceptors (Lipinski definition) is 13. The second kappa shape index (κ2) is 10.9. The Hall–Kier alpha value is -5.26. The number of carbonyl (C=O) groups excluding carboxylic acids is 3. The van der Waals surface area contributed by atoms with E-state index in [-0.39, 0.29) is 35.7 Å². The number of fused-ring (bicyclic) bond motifs is 1. The number of hydrogen-bond donors (Lipinski definition) is 0. The third kappa shape index (κ3) is 5.16. The number of sulfone groups is 1. The van der Waals surface area contributed by atoms with Crippen molar-refractivity contribution < 1.29 is 42.1 Å². The summed E-state index contributed by atoms with van der Waals surface area (Å²) in [4.78, 5) is 60.1. The Balaban J connectivity index is 1.32. The van der Waals surface area contributed by atoms with Gasteiger partial charge >= 0.3 is 11.9 Å². The summed E-state index contributed by atoms with van der Waals surface area (Å²) in [6.07, 6.45) is 0.782. The van der Waals surface area contributed by atoms with Crippen LogP contribution in [0.4, 0.5) is 11.4 Å². The van der Waals surface area contributed by atoms with Crippen LogP contribution in [-0.4, -0.2) is 72.2 Å². The van der Waals surface area contributed by atoms with Crippen molar-refractivity contribution in [3.05, 3.63) is 91.8 Å². The standard InChI is InChI=1S/C25H22N6O11S/c1-25(14-28-11-18(26-27-28)23(33)42-13-16-4-2-3-5-19(16)31(37)38)22(29-20(32)10-21(29)43(25,39)40)24(34)41-12-15-6-8-17(9-7-15)30(35)36/h2-9,11,21-22H,10,12-14H2,1H3/t21-,22+,25+/m1/s1. The first kappa shape index (κ1) is 29.2. The Morgan fingerprint density at radius 2 is 1.74 bits per heavy atom. The van der Waals surface area contributed by atoms with Gasteiger partial charge in [-0.1, -0.05) is 17.3 Å². The summed E-state index contributed by atoms with van der Waals surface area (Å²) in [5.74, 6) is -2.56. The zero-order chi connectivity index (χ0) is 31.1. The molecule has 2 fully saturated rings. The van der Waals surface area contributed by atoms with Gasteiger partial charge in [0.25, 0.3) is 11.4 Å². The van der Waals surface area contributed by atoms with Crippen molar-refractivity contribution in [2.45, 2.75) is 49.3 Å². The highest BCUT2D eigenvalue weighted by Crippen LogP contribution is 2.47. The molecule has 5 rings (SSSR count). The molecule has 224 valence electrons. The van der Waals surface area contributed by atoms with Crippen molar-refractivity contribution in [1.29, 1.82) is 0 Å². The van der Waals surface area contributed by atoms with Crippen LogP contribution in [0.15, 0.2) is 54.7 Å². The SMILES string of the molecule is C[C@]1(Cn2cc(C(=O)OCc3ccccc3[N+](=O)[O-])nn2)[C@H](C(=O)OCc2ccc([N+](=O)[O-])cc2)N2C(=O)C[C@H]2S1(=O)=O. The predicted octanol–water partition coefficient (Wildman–Crippen LogP) is 1.31. The van der Waals surface area contributed by atoms with Crippen LogP contribution in [0.25, 0.3) is 0 Å². The van der Waals surface area contributed by atoms with E-state index in [4.69, 9.17) is 9.47 Å². The summed E-state index contributed by atoms with van der Waals surface area (Å²) in [5, 5.41) is 28.3. The third-order valence-electron chi connectivity index (χ3n) is 7.33. The van der Waals surface area contributed by atoms with E-state index in [1.54, 1.807) is 0 Å². The Morgan fingerprint density at radius 3 is 2.40 bits per heavy atom. The summed E-state index contributed by atoms with van der Waals surface area (Å²) < 4.78 is 36.6. The summed E-state index contributed by atoms with van der Waals surface area (Å²) in [6.45, 7) is 0.00268. The topological polar surface area (TPSA) is 224 Å². The first-order valence-corrected chi connectivity index (χ1v) is 14.1. The van der Waals surface area contributed by atoms with Crippen LogP contribution in [0.1, 0.15) is 35.0 Å². The molecule has 0 bridgehead atoms. The number of ether oxygens (including phenoxy) is 2. The molecular formula is C25H22N6O11S. The van der Waals surface area contributed by atoms with Gasteiger partial charge in [0.05, 0.1) is 34.6 Å². The minimum Gasteiger partial charge on any atom is -0.459 e. The molecular weight excluding hydrogens is 592 g/mol. The van der Waals surface area contributed by atoms with Crippen LogP contribution in [0.2, 0.25) is 0 Å².